The Hall–Kier alpha value is -3.60. The van der Waals surface area contributed by atoms with Crippen molar-refractivity contribution in [2.24, 2.45) is 0 Å². The molecule has 1 N–H and O–H groups in total. The van der Waals surface area contributed by atoms with Crippen molar-refractivity contribution in [1.82, 2.24) is 0 Å². The number of nitrogens with one attached hydrogen (secondary N) is 1. The SMILES string of the molecule is CCC(=O)Nc1ccccc1OC(=O)c1ccc(OCCc2ccccc2)cc1. The van der Waals surface area contributed by atoms with Gasteiger partial charge in [0, 0.05) is 12.8 Å². The molecule has 0 aliphatic carbocycles. The van der Waals surface area contributed by atoms with Crippen LogP contribution >= 0.6 is 0 Å². The zero-order chi connectivity index (χ0) is 20.5. The summed E-state index contributed by atoms with van der Waals surface area (Å²) in [4.78, 5) is 24.1. The van der Waals surface area contributed by atoms with Crippen LogP contribution in [-0.2, 0) is 11.2 Å². The molecule has 0 unspecified atom stereocenters. The average Bonchev–Trinajstić information content (AvgIpc) is 2.76. The van der Waals surface area contributed by atoms with Gasteiger partial charge in [0.05, 0.1) is 17.9 Å². The summed E-state index contributed by atoms with van der Waals surface area (Å²) < 4.78 is 11.2. The van der Waals surface area contributed by atoms with Crippen molar-refractivity contribution in [1.29, 1.82) is 0 Å². The first-order chi connectivity index (χ1) is 14.2. The van der Waals surface area contributed by atoms with Crippen LogP contribution in [0.15, 0.2) is 78.9 Å². The Morgan fingerprint density at radius 2 is 1.55 bits per heavy atom. The molecule has 0 aliphatic rings. The summed E-state index contributed by atoms with van der Waals surface area (Å²) >= 11 is 0. The molecule has 0 aliphatic heterocycles. The minimum Gasteiger partial charge on any atom is -0.493 e. The van der Waals surface area contributed by atoms with E-state index in [1.165, 1.54) is 5.56 Å². The van der Waals surface area contributed by atoms with Crippen molar-refractivity contribution in [3.05, 3.63) is 90.0 Å². The maximum atomic E-state index is 12.5. The van der Waals surface area contributed by atoms with E-state index in [4.69, 9.17) is 9.47 Å². The molecule has 0 heterocycles. The third kappa shape index (κ3) is 5.94. The van der Waals surface area contributed by atoms with Gasteiger partial charge in [0.1, 0.15) is 5.75 Å². The topological polar surface area (TPSA) is 64.6 Å². The van der Waals surface area contributed by atoms with Gasteiger partial charge in [-0.15, -0.1) is 0 Å². The third-order valence-corrected chi connectivity index (χ3v) is 4.28. The Morgan fingerprint density at radius 3 is 2.28 bits per heavy atom. The number of hydrogen-bond acceptors (Lipinski definition) is 4. The largest absolute Gasteiger partial charge is 0.493 e. The van der Waals surface area contributed by atoms with Crippen LogP contribution in [0, 0.1) is 0 Å². The number of carbonyl (C=O) groups excluding carboxylic acids is 2. The maximum Gasteiger partial charge on any atom is 0.343 e. The van der Waals surface area contributed by atoms with Gasteiger partial charge >= 0.3 is 5.97 Å². The molecule has 1 amide bonds. The molecule has 29 heavy (non-hydrogen) atoms. The fourth-order valence-electron chi connectivity index (χ4n) is 2.67. The van der Waals surface area contributed by atoms with Crippen molar-refractivity contribution < 1.29 is 19.1 Å². The molecule has 0 saturated heterocycles. The molecule has 0 atom stereocenters. The van der Waals surface area contributed by atoms with E-state index in [-0.39, 0.29) is 5.91 Å². The number of benzene rings is 3. The fourth-order valence-corrected chi connectivity index (χ4v) is 2.67. The first-order valence-electron chi connectivity index (χ1n) is 9.53. The first kappa shape index (κ1) is 20.1. The highest BCUT2D eigenvalue weighted by Crippen LogP contribution is 2.25. The second-order valence-corrected chi connectivity index (χ2v) is 6.40. The third-order valence-electron chi connectivity index (χ3n) is 4.28. The highest BCUT2D eigenvalue weighted by atomic mass is 16.5. The number of anilines is 1. The first-order valence-corrected chi connectivity index (χ1v) is 9.53. The lowest BCUT2D eigenvalue weighted by Crippen LogP contribution is -2.13. The number of ether oxygens (including phenoxy) is 2. The molecule has 0 aromatic heterocycles. The average molecular weight is 389 g/mol. The lowest BCUT2D eigenvalue weighted by molar-refractivity contribution is -0.115. The smallest absolute Gasteiger partial charge is 0.343 e. The molecule has 3 aromatic rings. The maximum absolute atomic E-state index is 12.5. The van der Waals surface area contributed by atoms with E-state index >= 15 is 0 Å². The summed E-state index contributed by atoms with van der Waals surface area (Å²) in [6, 6.07) is 23.8. The summed E-state index contributed by atoms with van der Waals surface area (Å²) in [5.41, 5.74) is 2.08. The van der Waals surface area contributed by atoms with Gasteiger partial charge < -0.3 is 14.8 Å². The van der Waals surface area contributed by atoms with Crippen molar-refractivity contribution >= 4 is 17.6 Å². The van der Waals surface area contributed by atoms with Crippen LogP contribution in [0.1, 0.15) is 29.3 Å². The highest BCUT2D eigenvalue weighted by Gasteiger charge is 2.13. The number of carbonyl (C=O) groups is 2. The number of para-hydroxylation sites is 2. The number of esters is 1. The Balaban J connectivity index is 1.57. The van der Waals surface area contributed by atoms with Crippen LogP contribution in [0.3, 0.4) is 0 Å². The highest BCUT2D eigenvalue weighted by molar-refractivity contribution is 5.95. The van der Waals surface area contributed by atoms with E-state index in [1.54, 1.807) is 55.5 Å². The second kappa shape index (κ2) is 10.1. The quantitative estimate of drug-likeness (QED) is 0.441. The van der Waals surface area contributed by atoms with Crippen molar-refractivity contribution in [3.63, 3.8) is 0 Å². The molecule has 0 fully saturated rings. The lowest BCUT2D eigenvalue weighted by Gasteiger charge is -2.11. The second-order valence-electron chi connectivity index (χ2n) is 6.40. The Labute approximate surface area is 170 Å². The molecule has 0 spiro atoms. The fraction of sp³-hybridized carbons (Fsp3) is 0.167. The summed E-state index contributed by atoms with van der Waals surface area (Å²) in [5, 5.41) is 2.73. The van der Waals surface area contributed by atoms with Gasteiger partial charge in [-0.3, -0.25) is 4.79 Å². The number of amides is 1. The summed E-state index contributed by atoms with van der Waals surface area (Å²) in [5.74, 6) is 0.347. The minimum absolute atomic E-state index is 0.148. The lowest BCUT2D eigenvalue weighted by atomic mass is 10.2. The Kier molecular flexibility index (Phi) is 7.00. The van der Waals surface area contributed by atoms with Crippen LogP contribution < -0.4 is 14.8 Å². The van der Waals surface area contributed by atoms with E-state index in [0.29, 0.717) is 35.8 Å². The van der Waals surface area contributed by atoms with Gasteiger partial charge in [-0.1, -0.05) is 49.4 Å². The van der Waals surface area contributed by atoms with Gasteiger partial charge in [0.25, 0.3) is 0 Å². The standard InChI is InChI=1S/C24H23NO4/c1-2-23(26)25-21-10-6-7-11-22(21)29-24(27)19-12-14-20(15-13-19)28-17-16-18-8-4-3-5-9-18/h3-15H,2,16-17H2,1H3,(H,25,26). The number of hydrogen-bond donors (Lipinski definition) is 1. The molecule has 5 nitrogen and oxygen atoms in total. The van der Waals surface area contributed by atoms with Crippen molar-refractivity contribution in [2.45, 2.75) is 19.8 Å². The molecule has 5 heteroatoms. The van der Waals surface area contributed by atoms with Gasteiger partial charge in [-0.2, -0.15) is 0 Å². The predicted octanol–water partition coefficient (Wildman–Crippen LogP) is 4.88. The van der Waals surface area contributed by atoms with E-state index in [1.807, 2.05) is 18.2 Å². The van der Waals surface area contributed by atoms with Gasteiger partial charge in [0.2, 0.25) is 5.91 Å². The molecular weight excluding hydrogens is 366 g/mol. The van der Waals surface area contributed by atoms with Crippen molar-refractivity contribution in [3.8, 4) is 11.5 Å². The van der Waals surface area contributed by atoms with Crippen LogP contribution in [0.4, 0.5) is 5.69 Å². The summed E-state index contributed by atoms with van der Waals surface area (Å²) in [7, 11) is 0. The molecule has 0 saturated carbocycles. The molecule has 3 aromatic carbocycles. The number of rotatable bonds is 8. The van der Waals surface area contributed by atoms with E-state index < -0.39 is 5.97 Å². The zero-order valence-electron chi connectivity index (χ0n) is 16.3. The van der Waals surface area contributed by atoms with Gasteiger partial charge in [0.15, 0.2) is 5.75 Å². The minimum atomic E-state index is -0.501. The van der Waals surface area contributed by atoms with Crippen LogP contribution in [-0.4, -0.2) is 18.5 Å². The molecule has 148 valence electrons. The van der Waals surface area contributed by atoms with Gasteiger partial charge in [-0.05, 0) is 42.0 Å². The Morgan fingerprint density at radius 1 is 0.862 bits per heavy atom. The monoisotopic (exact) mass is 389 g/mol. The van der Waals surface area contributed by atoms with Crippen LogP contribution in [0.2, 0.25) is 0 Å². The Bertz CT molecular complexity index is 952. The summed E-state index contributed by atoms with van der Waals surface area (Å²) in [6.07, 6.45) is 1.15. The van der Waals surface area contributed by atoms with E-state index in [0.717, 1.165) is 6.42 Å². The zero-order valence-corrected chi connectivity index (χ0v) is 16.3. The van der Waals surface area contributed by atoms with Crippen molar-refractivity contribution in [2.75, 3.05) is 11.9 Å². The molecular formula is C24H23NO4. The van der Waals surface area contributed by atoms with E-state index in [9.17, 15) is 9.59 Å². The molecule has 0 bridgehead atoms. The molecule has 0 radical (unpaired) electrons. The normalized spacial score (nSPS) is 10.2. The predicted molar refractivity (Wildman–Crippen MR) is 112 cm³/mol. The summed E-state index contributed by atoms with van der Waals surface area (Å²) in [6.45, 7) is 2.31. The molecule has 3 rings (SSSR count). The van der Waals surface area contributed by atoms with Crippen LogP contribution in [0.5, 0.6) is 11.5 Å². The van der Waals surface area contributed by atoms with Gasteiger partial charge in [-0.25, -0.2) is 4.79 Å². The van der Waals surface area contributed by atoms with E-state index in [2.05, 4.69) is 17.4 Å². The van der Waals surface area contributed by atoms with Crippen LogP contribution in [0.25, 0.3) is 0 Å².